The van der Waals surface area contributed by atoms with Gasteiger partial charge in [0.2, 0.25) is 0 Å². The maximum Gasteiger partial charge on any atom is 0.126 e. The van der Waals surface area contributed by atoms with E-state index in [1.807, 2.05) is 0 Å². The van der Waals surface area contributed by atoms with Gasteiger partial charge in [-0.15, -0.1) is 0 Å². The Morgan fingerprint density at radius 3 is 2.17 bits per heavy atom. The van der Waals surface area contributed by atoms with Gasteiger partial charge >= 0.3 is 0 Å². The van der Waals surface area contributed by atoms with Crippen molar-refractivity contribution in [2.45, 2.75) is 32.1 Å². The van der Waals surface area contributed by atoms with E-state index in [1.165, 1.54) is 37.8 Å². The molecule has 2 fully saturated rings. The van der Waals surface area contributed by atoms with Gasteiger partial charge in [0.15, 0.2) is 0 Å². The number of halogens is 2. The minimum Gasteiger partial charge on any atom is -0.315 e. The van der Waals surface area contributed by atoms with Crippen LogP contribution < -0.4 is 5.32 Å². The van der Waals surface area contributed by atoms with Gasteiger partial charge < -0.3 is 5.32 Å². The standard InChI is InChI=1S/C15H19F2N/c16-13-5-11(6-14(17)7-13)8-15(9-18-10-15)12-3-1-2-4-12/h5-7,12,18H,1-4,8-10H2. The van der Waals surface area contributed by atoms with Crippen LogP contribution in [0.4, 0.5) is 8.78 Å². The fourth-order valence-corrected chi connectivity index (χ4v) is 3.66. The smallest absolute Gasteiger partial charge is 0.126 e. The molecule has 2 aliphatic rings. The van der Waals surface area contributed by atoms with E-state index in [1.54, 1.807) is 0 Å². The third-order valence-electron chi connectivity index (χ3n) is 4.65. The van der Waals surface area contributed by atoms with Crippen LogP contribution in [0.5, 0.6) is 0 Å². The molecule has 1 aromatic rings. The normalized spacial score (nSPS) is 23.0. The Hall–Kier alpha value is -0.960. The SMILES string of the molecule is Fc1cc(F)cc(CC2(C3CCCC3)CNC2)c1. The lowest BCUT2D eigenvalue weighted by Crippen LogP contribution is -2.58. The highest BCUT2D eigenvalue weighted by Gasteiger charge is 2.44. The molecule has 0 radical (unpaired) electrons. The molecule has 1 nitrogen and oxygen atoms in total. The molecule has 1 aliphatic carbocycles. The zero-order chi connectivity index (χ0) is 12.6. The molecule has 0 atom stereocenters. The van der Waals surface area contributed by atoms with E-state index in [0.29, 0.717) is 0 Å². The Morgan fingerprint density at radius 2 is 1.67 bits per heavy atom. The quantitative estimate of drug-likeness (QED) is 0.869. The highest BCUT2D eigenvalue weighted by Crippen LogP contribution is 2.44. The number of hydrogen-bond acceptors (Lipinski definition) is 1. The van der Waals surface area contributed by atoms with E-state index in [-0.39, 0.29) is 5.41 Å². The van der Waals surface area contributed by atoms with E-state index in [9.17, 15) is 8.78 Å². The number of nitrogens with one attached hydrogen (secondary N) is 1. The molecule has 1 N–H and O–H groups in total. The molecule has 0 unspecified atom stereocenters. The second kappa shape index (κ2) is 4.61. The van der Waals surface area contributed by atoms with Gasteiger partial charge in [0, 0.05) is 24.6 Å². The summed E-state index contributed by atoms with van der Waals surface area (Å²) in [6, 6.07) is 3.92. The molecule has 0 spiro atoms. The first kappa shape index (κ1) is 12.1. The third-order valence-corrected chi connectivity index (χ3v) is 4.65. The second-order valence-corrected chi connectivity index (χ2v) is 5.90. The molecule has 1 aliphatic heterocycles. The predicted octanol–water partition coefficient (Wildman–Crippen LogP) is 3.29. The van der Waals surface area contributed by atoms with Crippen molar-refractivity contribution in [3.63, 3.8) is 0 Å². The van der Waals surface area contributed by atoms with Crippen LogP contribution in [0.1, 0.15) is 31.2 Å². The van der Waals surface area contributed by atoms with Gasteiger partial charge in [0.05, 0.1) is 0 Å². The first-order valence-electron chi connectivity index (χ1n) is 6.84. The second-order valence-electron chi connectivity index (χ2n) is 5.90. The monoisotopic (exact) mass is 251 g/mol. The Morgan fingerprint density at radius 1 is 1.06 bits per heavy atom. The molecule has 98 valence electrons. The summed E-state index contributed by atoms with van der Waals surface area (Å²) in [7, 11) is 0. The van der Waals surface area contributed by atoms with Crippen molar-refractivity contribution in [3.05, 3.63) is 35.4 Å². The predicted molar refractivity (Wildman–Crippen MR) is 67.3 cm³/mol. The van der Waals surface area contributed by atoms with Gasteiger partial charge in [-0.3, -0.25) is 0 Å². The van der Waals surface area contributed by atoms with Crippen molar-refractivity contribution in [3.8, 4) is 0 Å². The minimum atomic E-state index is -0.459. The largest absolute Gasteiger partial charge is 0.315 e. The van der Waals surface area contributed by atoms with E-state index < -0.39 is 11.6 Å². The van der Waals surface area contributed by atoms with Crippen LogP contribution in [0.2, 0.25) is 0 Å². The molecule has 0 aromatic heterocycles. The van der Waals surface area contributed by atoms with Crippen molar-refractivity contribution in [2.24, 2.45) is 11.3 Å². The summed E-state index contributed by atoms with van der Waals surface area (Å²) in [5.74, 6) is -0.192. The molecule has 0 amide bonds. The van der Waals surface area contributed by atoms with Gasteiger partial charge in [-0.1, -0.05) is 12.8 Å². The summed E-state index contributed by atoms with van der Waals surface area (Å²) in [5, 5.41) is 3.34. The number of benzene rings is 1. The van der Waals surface area contributed by atoms with Crippen molar-refractivity contribution >= 4 is 0 Å². The Labute approximate surface area is 107 Å². The number of rotatable bonds is 3. The van der Waals surface area contributed by atoms with Crippen LogP contribution in [0.25, 0.3) is 0 Å². The minimum absolute atomic E-state index is 0.247. The van der Waals surface area contributed by atoms with Crippen LogP contribution in [0.15, 0.2) is 18.2 Å². The fraction of sp³-hybridized carbons (Fsp3) is 0.600. The Balaban J connectivity index is 1.80. The fourth-order valence-electron chi connectivity index (χ4n) is 3.66. The van der Waals surface area contributed by atoms with Crippen LogP contribution in [-0.4, -0.2) is 13.1 Å². The molecule has 3 heteroatoms. The molecule has 1 saturated heterocycles. The zero-order valence-corrected chi connectivity index (χ0v) is 10.5. The van der Waals surface area contributed by atoms with Gasteiger partial charge in [0.1, 0.15) is 11.6 Å². The molecule has 1 heterocycles. The summed E-state index contributed by atoms with van der Waals surface area (Å²) < 4.78 is 26.5. The average Bonchev–Trinajstić information content (AvgIpc) is 2.75. The topological polar surface area (TPSA) is 12.0 Å². The van der Waals surface area contributed by atoms with Gasteiger partial charge in [-0.2, -0.15) is 0 Å². The van der Waals surface area contributed by atoms with E-state index in [0.717, 1.165) is 37.1 Å². The summed E-state index contributed by atoms with van der Waals surface area (Å²) in [4.78, 5) is 0. The van der Waals surface area contributed by atoms with Gasteiger partial charge in [-0.05, 0) is 42.9 Å². The van der Waals surface area contributed by atoms with Crippen LogP contribution in [-0.2, 0) is 6.42 Å². The van der Waals surface area contributed by atoms with Crippen molar-refractivity contribution in [2.75, 3.05) is 13.1 Å². The first-order chi connectivity index (χ1) is 8.68. The molecule has 1 saturated carbocycles. The van der Waals surface area contributed by atoms with E-state index in [2.05, 4.69) is 5.32 Å². The molecular formula is C15H19F2N. The van der Waals surface area contributed by atoms with Gasteiger partial charge in [0.25, 0.3) is 0 Å². The summed E-state index contributed by atoms with van der Waals surface area (Å²) in [5.41, 5.74) is 1.05. The maximum absolute atomic E-state index is 13.2. The Kier molecular flexibility index (Phi) is 3.10. The lowest BCUT2D eigenvalue weighted by atomic mass is 9.66. The van der Waals surface area contributed by atoms with E-state index in [4.69, 9.17) is 0 Å². The lowest BCUT2D eigenvalue weighted by Gasteiger charge is -2.47. The summed E-state index contributed by atoms with van der Waals surface area (Å²) in [6.45, 7) is 1.99. The van der Waals surface area contributed by atoms with Crippen molar-refractivity contribution < 1.29 is 8.78 Å². The molecule has 18 heavy (non-hydrogen) atoms. The van der Waals surface area contributed by atoms with Crippen LogP contribution >= 0.6 is 0 Å². The molecule has 1 aromatic carbocycles. The van der Waals surface area contributed by atoms with Crippen LogP contribution in [0.3, 0.4) is 0 Å². The van der Waals surface area contributed by atoms with Crippen LogP contribution in [0, 0.1) is 23.0 Å². The molecule has 3 rings (SSSR count). The van der Waals surface area contributed by atoms with E-state index >= 15 is 0 Å². The third kappa shape index (κ3) is 2.16. The summed E-state index contributed by atoms with van der Waals surface area (Å²) >= 11 is 0. The number of hydrogen-bond donors (Lipinski definition) is 1. The zero-order valence-electron chi connectivity index (χ0n) is 10.5. The van der Waals surface area contributed by atoms with Crippen molar-refractivity contribution in [1.29, 1.82) is 0 Å². The maximum atomic E-state index is 13.2. The highest BCUT2D eigenvalue weighted by molar-refractivity contribution is 5.21. The highest BCUT2D eigenvalue weighted by atomic mass is 19.1. The summed E-state index contributed by atoms with van der Waals surface area (Å²) in [6.07, 6.45) is 5.98. The average molecular weight is 251 g/mol. The Bertz CT molecular complexity index is 414. The van der Waals surface area contributed by atoms with Crippen molar-refractivity contribution in [1.82, 2.24) is 5.32 Å². The molecular weight excluding hydrogens is 232 g/mol. The molecule has 0 bridgehead atoms. The lowest BCUT2D eigenvalue weighted by molar-refractivity contribution is 0.0810. The first-order valence-corrected chi connectivity index (χ1v) is 6.84. The van der Waals surface area contributed by atoms with Gasteiger partial charge in [-0.25, -0.2) is 8.78 Å².